The van der Waals surface area contributed by atoms with Crippen LogP contribution in [0.15, 0.2) is 18.2 Å². The zero-order valence-corrected chi connectivity index (χ0v) is 22.8. The van der Waals surface area contributed by atoms with Crippen LogP contribution in [0, 0.1) is 0 Å². The molecule has 1 aromatic carbocycles. The number of nitrogens with zero attached hydrogens (tertiary/aromatic N) is 3. The van der Waals surface area contributed by atoms with E-state index in [1.54, 1.807) is 11.0 Å². The average Bonchev–Trinajstić information content (AvgIpc) is 3.26. The highest BCUT2D eigenvalue weighted by atomic mass is 19.4. The molecule has 0 saturated carbocycles. The van der Waals surface area contributed by atoms with Gasteiger partial charge in [-0.3, -0.25) is 9.69 Å². The second-order valence-corrected chi connectivity index (χ2v) is 11.3. The Morgan fingerprint density at radius 1 is 0.881 bits per heavy atom. The first-order valence-corrected chi connectivity index (χ1v) is 13.7. The molecule has 3 aliphatic rings. The summed E-state index contributed by atoms with van der Waals surface area (Å²) >= 11 is 0. The van der Waals surface area contributed by atoms with E-state index in [-0.39, 0.29) is 38.3 Å². The first-order valence-electron chi connectivity index (χ1n) is 13.7. The maximum Gasteiger partial charge on any atom is 0.434 e. The molecule has 42 heavy (non-hydrogen) atoms. The summed E-state index contributed by atoms with van der Waals surface area (Å²) in [6, 6.07) is 3.22. The van der Waals surface area contributed by atoms with Gasteiger partial charge in [0.15, 0.2) is 5.78 Å². The van der Waals surface area contributed by atoms with Crippen molar-refractivity contribution >= 4 is 17.6 Å². The number of piperidine rings is 2. The molecule has 1 spiro atoms. The van der Waals surface area contributed by atoms with Crippen LogP contribution in [0.4, 0.5) is 50.0 Å². The number of benzene rings is 1. The number of likely N-dealkylation sites (tertiary alicyclic amines) is 2. The van der Waals surface area contributed by atoms with E-state index in [0.29, 0.717) is 43.6 Å². The zero-order chi connectivity index (χ0) is 31.1. The lowest BCUT2D eigenvalue weighted by atomic mass is 9.84. The number of ketones is 1. The molecule has 0 aromatic heterocycles. The Kier molecular flexibility index (Phi) is 9.02. The molecule has 3 saturated heterocycles. The molecule has 3 heterocycles. The first-order chi connectivity index (χ1) is 19.4. The van der Waals surface area contributed by atoms with Gasteiger partial charge in [0.1, 0.15) is 0 Å². The Morgan fingerprint density at radius 2 is 1.52 bits per heavy atom. The van der Waals surface area contributed by atoms with Gasteiger partial charge in [0, 0.05) is 37.4 Å². The number of carbonyl (C=O) groups excluding carboxylic acids is 2. The lowest BCUT2D eigenvalue weighted by molar-refractivity contribution is -0.308. The van der Waals surface area contributed by atoms with Crippen LogP contribution in [0.25, 0.3) is 0 Å². The summed E-state index contributed by atoms with van der Waals surface area (Å²) in [5, 5.41) is 0. The van der Waals surface area contributed by atoms with E-state index in [4.69, 9.17) is 0 Å². The molecule has 4 rings (SSSR count). The van der Waals surface area contributed by atoms with Crippen LogP contribution in [0.2, 0.25) is 0 Å². The van der Waals surface area contributed by atoms with Gasteiger partial charge in [-0.2, -0.15) is 39.5 Å². The Labute approximate surface area is 236 Å². The molecule has 1 atom stereocenters. The Morgan fingerprint density at radius 3 is 2.10 bits per heavy atom. The van der Waals surface area contributed by atoms with Crippen LogP contribution in [0.1, 0.15) is 63.0 Å². The maximum absolute atomic E-state index is 13.9. The van der Waals surface area contributed by atoms with Crippen molar-refractivity contribution in [3.8, 4) is 0 Å². The highest BCUT2D eigenvalue weighted by Crippen LogP contribution is 2.42. The number of Topliss-reactive ketones (excluding diaryl/α,β-unsaturated/α-hetero) is 1. The summed E-state index contributed by atoms with van der Waals surface area (Å²) in [5.41, 5.74) is -0.771. The number of halogens is 9. The van der Waals surface area contributed by atoms with Gasteiger partial charge < -0.3 is 14.5 Å². The largest absolute Gasteiger partial charge is 0.434 e. The fraction of sp³-hybridized carbons (Fsp3) is 0.704. The van der Waals surface area contributed by atoms with Gasteiger partial charge in [-0.25, -0.2) is 4.79 Å². The lowest BCUT2D eigenvalue weighted by Gasteiger charge is -2.45. The normalized spacial score (nSPS) is 22.2. The molecule has 1 aromatic rings. The molecule has 3 fully saturated rings. The molecule has 3 aliphatic heterocycles. The highest BCUT2D eigenvalue weighted by Gasteiger charge is 2.60. The summed E-state index contributed by atoms with van der Waals surface area (Å²) < 4.78 is 123. The number of alkyl halides is 9. The van der Waals surface area contributed by atoms with Crippen molar-refractivity contribution < 1.29 is 53.8 Å². The van der Waals surface area contributed by atoms with Gasteiger partial charge in [-0.15, -0.1) is 0 Å². The predicted octanol–water partition coefficient (Wildman–Crippen LogP) is 6.71. The average molecular weight is 618 g/mol. The third-order valence-electron chi connectivity index (χ3n) is 8.49. The summed E-state index contributed by atoms with van der Waals surface area (Å²) in [5.74, 6) is -0.130. The minimum atomic E-state index is -5.82. The summed E-state index contributed by atoms with van der Waals surface area (Å²) in [7, 11) is 0. The minimum Gasteiger partial charge on any atom is -0.426 e. The smallest absolute Gasteiger partial charge is 0.426 e. The van der Waals surface area contributed by atoms with Crippen molar-refractivity contribution in [2.24, 2.45) is 0 Å². The topological polar surface area (TPSA) is 53.1 Å². The molecule has 1 amide bonds. The molecule has 6 nitrogen and oxygen atoms in total. The SMILES string of the molecule is CC(=O)[C@@H]1CCCCN1c1cc(CN2CCCC23CCN(C(=O)OC(C(F)(F)F)C(F)(F)F)CC3)cc(C(F)(F)F)c1. The quantitative estimate of drug-likeness (QED) is 0.344. The van der Waals surface area contributed by atoms with Gasteiger partial charge in [0.25, 0.3) is 6.10 Å². The van der Waals surface area contributed by atoms with Crippen molar-refractivity contribution in [3.05, 3.63) is 29.3 Å². The fourth-order valence-electron chi connectivity index (χ4n) is 6.39. The van der Waals surface area contributed by atoms with Crippen LogP contribution in [0.3, 0.4) is 0 Å². The second kappa shape index (κ2) is 11.8. The van der Waals surface area contributed by atoms with Crippen LogP contribution >= 0.6 is 0 Å². The van der Waals surface area contributed by atoms with E-state index in [1.807, 2.05) is 4.90 Å². The van der Waals surface area contributed by atoms with Crippen LogP contribution < -0.4 is 4.90 Å². The van der Waals surface area contributed by atoms with Gasteiger partial charge in [-0.1, -0.05) is 0 Å². The zero-order valence-electron chi connectivity index (χ0n) is 22.8. The number of rotatable bonds is 5. The van der Waals surface area contributed by atoms with E-state index in [0.717, 1.165) is 29.9 Å². The predicted molar refractivity (Wildman–Crippen MR) is 133 cm³/mol. The number of anilines is 1. The van der Waals surface area contributed by atoms with Crippen LogP contribution in [0.5, 0.6) is 0 Å². The van der Waals surface area contributed by atoms with Crippen molar-refractivity contribution in [2.75, 3.05) is 31.1 Å². The molecule has 0 N–H and O–H groups in total. The second-order valence-electron chi connectivity index (χ2n) is 11.3. The van der Waals surface area contributed by atoms with Crippen molar-refractivity contribution in [1.82, 2.24) is 9.80 Å². The van der Waals surface area contributed by atoms with Gasteiger partial charge >= 0.3 is 24.6 Å². The lowest BCUT2D eigenvalue weighted by Crippen LogP contribution is -2.54. The summed E-state index contributed by atoms with van der Waals surface area (Å²) in [6.07, 6.45) is -18.5. The minimum absolute atomic E-state index is 0.115. The Balaban J connectivity index is 1.50. The Hall–Kier alpha value is -2.71. The molecule has 15 heteroatoms. The number of hydrogen-bond donors (Lipinski definition) is 0. The van der Waals surface area contributed by atoms with E-state index < -0.39 is 47.9 Å². The maximum atomic E-state index is 13.9. The fourth-order valence-corrected chi connectivity index (χ4v) is 6.39. The molecule has 0 unspecified atom stereocenters. The summed E-state index contributed by atoms with van der Waals surface area (Å²) in [4.78, 5) is 29.0. The van der Waals surface area contributed by atoms with Gasteiger partial charge in [-0.05, 0) is 82.2 Å². The number of carbonyl (C=O) groups is 2. The van der Waals surface area contributed by atoms with Crippen LogP contribution in [-0.2, 0) is 22.3 Å². The third kappa shape index (κ3) is 7.08. The van der Waals surface area contributed by atoms with E-state index in [9.17, 15) is 49.1 Å². The molecule has 0 aliphatic carbocycles. The van der Waals surface area contributed by atoms with E-state index in [1.165, 1.54) is 6.92 Å². The number of amides is 1. The first kappa shape index (κ1) is 32.2. The van der Waals surface area contributed by atoms with Crippen LogP contribution in [-0.4, -0.2) is 77.9 Å². The van der Waals surface area contributed by atoms with E-state index in [2.05, 4.69) is 4.74 Å². The number of ether oxygens (including phenoxy) is 1. The molecular weight excluding hydrogens is 585 g/mol. The van der Waals surface area contributed by atoms with Crippen molar-refractivity contribution in [2.45, 2.75) is 94.6 Å². The van der Waals surface area contributed by atoms with Gasteiger partial charge in [0.2, 0.25) is 0 Å². The highest BCUT2D eigenvalue weighted by molar-refractivity contribution is 5.85. The Bertz CT molecular complexity index is 1130. The van der Waals surface area contributed by atoms with E-state index >= 15 is 0 Å². The van der Waals surface area contributed by atoms with Crippen molar-refractivity contribution in [1.29, 1.82) is 0 Å². The third-order valence-corrected chi connectivity index (χ3v) is 8.49. The summed E-state index contributed by atoms with van der Waals surface area (Å²) in [6.45, 7) is 2.15. The molecule has 0 radical (unpaired) electrons. The molecule has 236 valence electrons. The van der Waals surface area contributed by atoms with Crippen molar-refractivity contribution in [3.63, 3.8) is 0 Å². The molecular formula is C27H32F9N3O3. The monoisotopic (exact) mass is 617 g/mol. The standard InChI is InChI=1S/C27H32F9N3O3/c1-17(40)21-5-2-3-10-39(21)20-14-18(13-19(15-20)25(28,29)30)16-38-9-4-6-24(38)7-11-37(12-8-24)23(41)42-22(26(31,32)33)27(34,35)36/h13-15,21-22H,2-12,16H2,1H3/t21-/m0/s1. The molecule has 0 bridgehead atoms. The van der Waals surface area contributed by atoms with Gasteiger partial charge in [0.05, 0.1) is 11.6 Å². The number of hydrogen-bond acceptors (Lipinski definition) is 5.